The lowest BCUT2D eigenvalue weighted by Crippen LogP contribution is -2.45. The zero-order valence-electron chi connectivity index (χ0n) is 12.5. The molecule has 1 aromatic rings. The van der Waals surface area contributed by atoms with Gasteiger partial charge in [-0.25, -0.2) is 0 Å². The number of nitrogens with one attached hydrogen (secondary N) is 2. The van der Waals surface area contributed by atoms with Crippen LogP contribution in [-0.2, 0) is 16.0 Å². The average molecular weight is 290 g/mol. The summed E-state index contributed by atoms with van der Waals surface area (Å²) in [4.78, 5) is 23.7. The fourth-order valence-corrected chi connectivity index (χ4v) is 2.32. The third-order valence-corrected chi connectivity index (χ3v) is 3.92. The van der Waals surface area contributed by atoms with Crippen molar-refractivity contribution in [2.24, 2.45) is 5.92 Å². The molecule has 5 nitrogen and oxygen atoms in total. The zero-order valence-corrected chi connectivity index (χ0v) is 12.5. The third kappa shape index (κ3) is 4.04. The van der Waals surface area contributed by atoms with E-state index < -0.39 is 17.4 Å². The molecular weight excluding hydrogens is 268 g/mol. The van der Waals surface area contributed by atoms with Crippen LogP contribution in [0.25, 0.3) is 0 Å². The van der Waals surface area contributed by atoms with E-state index in [-0.39, 0.29) is 12.5 Å². The first-order valence-electron chi connectivity index (χ1n) is 7.33. The fraction of sp³-hybridized carbons (Fsp3) is 0.500. The summed E-state index contributed by atoms with van der Waals surface area (Å²) in [5.41, 5.74) is 0.690. The molecule has 1 fully saturated rings. The van der Waals surface area contributed by atoms with Crippen molar-refractivity contribution >= 4 is 17.5 Å². The number of aliphatic hydroxyl groups is 1. The van der Waals surface area contributed by atoms with Crippen molar-refractivity contribution in [2.45, 2.75) is 38.7 Å². The quantitative estimate of drug-likeness (QED) is 0.718. The van der Waals surface area contributed by atoms with E-state index in [1.165, 1.54) is 0 Å². The molecule has 0 saturated heterocycles. The maximum atomic E-state index is 11.9. The van der Waals surface area contributed by atoms with Crippen LogP contribution in [0.3, 0.4) is 0 Å². The number of hydrogen-bond donors (Lipinski definition) is 3. The number of benzene rings is 1. The summed E-state index contributed by atoms with van der Waals surface area (Å²) < 4.78 is 0. The maximum Gasteiger partial charge on any atom is 0.313 e. The van der Waals surface area contributed by atoms with Gasteiger partial charge in [-0.2, -0.15) is 0 Å². The predicted octanol–water partition coefficient (Wildman–Crippen LogP) is 1.46. The van der Waals surface area contributed by atoms with Crippen LogP contribution in [0.1, 0.15) is 32.3 Å². The molecule has 1 aromatic carbocycles. The molecule has 114 valence electrons. The minimum Gasteiger partial charge on any atom is -0.388 e. The van der Waals surface area contributed by atoms with E-state index in [0.29, 0.717) is 5.69 Å². The Morgan fingerprint density at radius 2 is 1.95 bits per heavy atom. The molecule has 2 rings (SSSR count). The lowest BCUT2D eigenvalue weighted by atomic mass is 10.0. The topological polar surface area (TPSA) is 78.4 Å². The van der Waals surface area contributed by atoms with E-state index in [1.54, 1.807) is 13.0 Å². The number of amides is 2. The summed E-state index contributed by atoms with van der Waals surface area (Å²) in [6.07, 6.45) is 2.71. The van der Waals surface area contributed by atoms with Gasteiger partial charge >= 0.3 is 11.8 Å². The number of hydrogen-bond acceptors (Lipinski definition) is 3. The molecule has 21 heavy (non-hydrogen) atoms. The molecule has 1 aliphatic rings. The highest BCUT2D eigenvalue weighted by atomic mass is 16.3. The van der Waals surface area contributed by atoms with E-state index >= 15 is 0 Å². The lowest BCUT2D eigenvalue weighted by molar-refractivity contribution is -0.136. The van der Waals surface area contributed by atoms with Crippen LogP contribution >= 0.6 is 0 Å². The first-order chi connectivity index (χ1) is 9.94. The molecule has 5 heteroatoms. The van der Waals surface area contributed by atoms with Gasteiger partial charge in [0.1, 0.15) is 0 Å². The Morgan fingerprint density at radius 1 is 1.29 bits per heavy atom. The lowest BCUT2D eigenvalue weighted by Gasteiger charge is -2.23. The van der Waals surface area contributed by atoms with Crippen molar-refractivity contribution in [3.05, 3.63) is 29.8 Å². The molecule has 0 bridgehead atoms. The van der Waals surface area contributed by atoms with Gasteiger partial charge in [0, 0.05) is 12.2 Å². The average Bonchev–Trinajstić information content (AvgIpc) is 3.30. The molecular formula is C16H22N2O3. The van der Waals surface area contributed by atoms with Crippen LogP contribution in [0, 0.1) is 5.92 Å². The first-order valence-corrected chi connectivity index (χ1v) is 7.33. The molecule has 0 aliphatic heterocycles. The molecule has 0 spiro atoms. The number of carbonyl (C=O) groups excluding carboxylic acids is 2. The standard InChI is InChI=1S/C16H22N2O3/c1-3-11-6-4-5-7-13(11)18-15(20)14(19)17-10-16(2,21)12-8-9-12/h4-7,12,21H,3,8-10H2,1-2H3,(H,17,19)(H,18,20)/t16-/m1/s1. The number of aryl methyl sites for hydroxylation is 1. The fourth-order valence-electron chi connectivity index (χ4n) is 2.32. The van der Waals surface area contributed by atoms with Gasteiger partial charge in [0.05, 0.1) is 5.60 Å². The molecule has 1 atom stereocenters. The van der Waals surface area contributed by atoms with Gasteiger partial charge in [-0.1, -0.05) is 25.1 Å². The monoisotopic (exact) mass is 290 g/mol. The smallest absolute Gasteiger partial charge is 0.313 e. The van der Waals surface area contributed by atoms with Crippen LogP contribution in [0.5, 0.6) is 0 Å². The molecule has 0 aromatic heterocycles. The SMILES string of the molecule is CCc1ccccc1NC(=O)C(=O)NC[C@@](C)(O)C1CC1. The number of anilines is 1. The Labute approximate surface area is 124 Å². The zero-order chi connectivity index (χ0) is 15.5. The highest BCUT2D eigenvalue weighted by Gasteiger charge is 2.40. The van der Waals surface area contributed by atoms with Crippen molar-refractivity contribution in [1.29, 1.82) is 0 Å². The van der Waals surface area contributed by atoms with Crippen LogP contribution < -0.4 is 10.6 Å². The summed E-state index contributed by atoms with van der Waals surface area (Å²) >= 11 is 0. The largest absolute Gasteiger partial charge is 0.388 e. The van der Waals surface area contributed by atoms with Crippen molar-refractivity contribution < 1.29 is 14.7 Å². The second kappa shape index (κ2) is 6.26. The Balaban J connectivity index is 1.89. The van der Waals surface area contributed by atoms with Gasteiger partial charge in [0.25, 0.3) is 0 Å². The van der Waals surface area contributed by atoms with E-state index in [4.69, 9.17) is 0 Å². The van der Waals surface area contributed by atoms with Gasteiger partial charge < -0.3 is 15.7 Å². The number of rotatable bonds is 5. The molecule has 1 aliphatic carbocycles. The predicted molar refractivity (Wildman–Crippen MR) is 80.8 cm³/mol. The Hall–Kier alpha value is -1.88. The molecule has 3 N–H and O–H groups in total. The van der Waals surface area contributed by atoms with Crippen LogP contribution in [0.2, 0.25) is 0 Å². The Morgan fingerprint density at radius 3 is 2.57 bits per heavy atom. The van der Waals surface area contributed by atoms with Crippen molar-refractivity contribution in [3.8, 4) is 0 Å². The van der Waals surface area contributed by atoms with Gasteiger partial charge in [-0.3, -0.25) is 9.59 Å². The van der Waals surface area contributed by atoms with Crippen molar-refractivity contribution in [2.75, 3.05) is 11.9 Å². The Bertz CT molecular complexity index is 536. The summed E-state index contributed by atoms with van der Waals surface area (Å²) in [7, 11) is 0. The van der Waals surface area contributed by atoms with Gasteiger partial charge in [0.15, 0.2) is 0 Å². The van der Waals surface area contributed by atoms with E-state index in [9.17, 15) is 14.7 Å². The molecule has 0 heterocycles. The van der Waals surface area contributed by atoms with Gasteiger partial charge in [-0.05, 0) is 43.7 Å². The van der Waals surface area contributed by atoms with E-state index in [1.807, 2.05) is 25.1 Å². The van der Waals surface area contributed by atoms with Crippen molar-refractivity contribution in [1.82, 2.24) is 5.32 Å². The minimum atomic E-state index is -0.933. The number of para-hydroxylation sites is 1. The third-order valence-electron chi connectivity index (χ3n) is 3.92. The van der Waals surface area contributed by atoms with Crippen LogP contribution in [0.15, 0.2) is 24.3 Å². The normalized spacial score (nSPS) is 16.9. The highest BCUT2D eigenvalue weighted by Crippen LogP contribution is 2.38. The Kier molecular flexibility index (Phi) is 4.63. The first kappa shape index (κ1) is 15.5. The maximum absolute atomic E-state index is 11.9. The molecule has 1 saturated carbocycles. The summed E-state index contributed by atoms with van der Waals surface area (Å²) in [6, 6.07) is 7.38. The molecule has 0 radical (unpaired) electrons. The van der Waals surface area contributed by atoms with Crippen LogP contribution in [-0.4, -0.2) is 29.1 Å². The van der Waals surface area contributed by atoms with Gasteiger partial charge in [0.2, 0.25) is 0 Å². The summed E-state index contributed by atoms with van der Waals surface area (Å²) in [5.74, 6) is -1.20. The summed E-state index contributed by atoms with van der Waals surface area (Å²) in [5, 5.41) is 15.2. The second-order valence-electron chi connectivity index (χ2n) is 5.78. The number of carbonyl (C=O) groups is 2. The molecule has 2 amide bonds. The van der Waals surface area contributed by atoms with E-state index in [2.05, 4.69) is 10.6 Å². The van der Waals surface area contributed by atoms with Crippen molar-refractivity contribution in [3.63, 3.8) is 0 Å². The highest BCUT2D eigenvalue weighted by molar-refractivity contribution is 6.39. The molecule has 0 unspecified atom stereocenters. The van der Waals surface area contributed by atoms with Gasteiger partial charge in [-0.15, -0.1) is 0 Å². The second-order valence-corrected chi connectivity index (χ2v) is 5.78. The minimum absolute atomic E-state index is 0.0966. The van der Waals surface area contributed by atoms with E-state index in [0.717, 1.165) is 24.8 Å². The summed E-state index contributed by atoms with van der Waals surface area (Å²) in [6.45, 7) is 3.77. The van der Waals surface area contributed by atoms with Crippen LogP contribution in [0.4, 0.5) is 5.69 Å².